The number of pyridine rings is 1. The number of hydrogen-bond acceptors (Lipinski definition) is 7. The number of aromatic nitrogens is 3. The Kier molecular flexibility index (Phi) is 7.71. The summed E-state index contributed by atoms with van der Waals surface area (Å²) in [6, 6.07) is 4.51. The van der Waals surface area contributed by atoms with Gasteiger partial charge in [-0.2, -0.15) is 4.98 Å². The number of halogens is 1. The van der Waals surface area contributed by atoms with Crippen LogP contribution in [-0.4, -0.2) is 77.6 Å². The molecule has 1 amide bonds. The summed E-state index contributed by atoms with van der Waals surface area (Å²) in [6.45, 7) is 10.2. The van der Waals surface area contributed by atoms with Gasteiger partial charge in [-0.25, -0.2) is 14.4 Å². The molecule has 2 unspecified atom stereocenters. The predicted octanol–water partition coefficient (Wildman–Crippen LogP) is 5.02. The van der Waals surface area contributed by atoms with E-state index in [0.29, 0.717) is 18.0 Å². The van der Waals surface area contributed by atoms with Crippen LogP contribution in [0.3, 0.4) is 0 Å². The third kappa shape index (κ3) is 5.56. The van der Waals surface area contributed by atoms with Crippen molar-refractivity contribution in [3.05, 3.63) is 59.2 Å². The second kappa shape index (κ2) is 11.6. The van der Waals surface area contributed by atoms with Crippen LogP contribution in [0.25, 0.3) is 0 Å². The molecule has 3 saturated heterocycles. The molecule has 8 nitrogen and oxygen atoms in total. The molecule has 5 heterocycles. The molecule has 212 valence electrons. The summed E-state index contributed by atoms with van der Waals surface area (Å²) in [4.78, 5) is 36.6. The van der Waals surface area contributed by atoms with Gasteiger partial charge in [0.25, 0.3) is 5.91 Å². The number of nitrogens with zero attached hydrogens (tertiary/aromatic N) is 7. The Balaban J connectivity index is 1.17. The van der Waals surface area contributed by atoms with Crippen LogP contribution in [0, 0.1) is 6.92 Å². The highest BCUT2D eigenvalue weighted by molar-refractivity contribution is 5.94. The van der Waals surface area contributed by atoms with Crippen LogP contribution in [0.2, 0.25) is 0 Å². The maximum Gasteiger partial charge on any atom is 0.255 e. The fourth-order valence-corrected chi connectivity index (χ4v) is 6.41. The number of carbonyl (C=O) groups is 1. The van der Waals surface area contributed by atoms with Gasteiger partial charge < -0.3 is 19.6 Å². The molecule has 3 fully saturated rings. The summed E-state index contributed by atoms with van der Waals surface area (Å²) in [7, 11) is 0. The number of amides is 1. The summed E-state index contributed by atoms with van der Waals surface area (Å²) in [5, 5.41) is 0. The Bertz CT molecular complexity index is 1300. The molecule has 2 aromatic heterocycles. The second-order valence-corrected chi connectivity index (χ2v) is 11.6. The molecule has 40 heavy (non-hydrogen) atoms. The molecule has 6 rings (SSSR count). The fourth-order valence-electron chi connectivity index (χ4n) is 6.41. The number of allylic oxidation sites excluding steroid dienone is 4. The molecule has 3 aliphatic heterocycles. The van der Waals surface area contributed by atoms with Gasteiger partial charge >= 0.3 is 0 Å². The van der Waals surface area contributed by atoms with E-state index in [4.69, 9.17) is 15.0 Å². The molecule has 0 N–H and O–H groups in total. The Morgan fingerprint density at radius 2 is 1.73 bits per heavy atom. The first-order valence-corrected chi connectivity index (χ1v) is 14.9. The van der Waals surface area contributed by atoms with Crippen LogP contribution in [0.5, 0.6) is 0 Å². The molecule has 4 aliphatic rings. The molecule has 2 aromatic rings. The van der Waals surface area contributed by atoms with E-state index in [-0.39, 0.29) is 17.7 Å². The number of anilines is 3. The van der Waals surface area contributed by atoms with Crippen molar-refractivity contribution in [1.29, 1.82) is 0 Å². The van der Waals surface area contributed by atoms with Gasteiger partial charge in [-0.3, -0.25) is 4.79 Å². The van der Waals surface area contributed by atoms with Crippen LogP contribution in [-0.2, 0) is 0 Å². The van der Waals surface area contributed by atoms with Crippen molar-refractivity contribution >= 4 is 23.5 Å². The standard InChI is InChI=1S/C31H40FN7O/c1-22-19-25(30(40)38-12-4-3-5-13-38)21-33-29(22)37-17-15-36(16-18-37)28-20-27(24-8-10-26(32)11-9-24)34-31(35-28)39-14-6-7-23(39)2/h8,10-11,19-21,23-24H,3-7,9,12-18H2,1-2H3. The summed E-state index contributed by atoms with van der Waals surface area (Å²) < 4.78 is 13.7. The third-order valence-corrected chi connectivity index (χ3v) is 8.81. The maximum atomic E-state index is 13.7. The lowest BCUT2D eigenvalue weighted by atomic mass is 9.96. The van der Waals surface area contributed by atoms with Gasteiger partial charge in [0.15, 0.2) is 0 Å². The number of carbonyl (C=O) groups excluding carboxylic acids is 1. The van der Waals surface area contributed by atoms with Gasteiger partial charge in [-0.15, -0.1) is 0 Å². The number of hydrogen-bond donors (Lipinski definition) is 0. The third-order valence-electron chi connectivity index (χ3n) is 8.81. The van der Waals surface area contributed by atoms with E-state index in [1.807, 2.05) is 17.0 Å². The summed E-state index contributed by atoms with van der Waals surface area (Å²) >= 11 is 0. The lowest BCUT2D eigenvalue weighted by molar-refractivity contribution is 0.0724. The van der Waals surface area contributed by atoms with Crippen molar-refractivity contribution in [3.63, 3.8) is 0 Å². The highest BCUT2D eigenvalue weighted by Crippen LogP contribution is 2.32. The molecule has 1 aliphatic carbocycles. The van der Waals surface area contributed by atoms with Crippen LogP contribution in [0.4, 0.5) is 22.0 Å². The zero-order valence-corrected chi connectivity index (χ0v) is 23.7. The molecule has 0 radical (unpaired) electrons. The lowest BCUT2D eigenvalue weighted by Crippen LogP contribution is -2.47. The first kappa shape index (κ1) is 26.7. The summed E-state index contributed by atoms with van der Waals surface area (Å²) in [5.41, 5.74) is 2.67. The van der Waals surface area contributed by atoms with Crippen LogP contribution >= 0.6 is 0 Å². The number of piperidine rings is 1. The van der Waals surface area contributed by atoms with E-state index in [1.165, 1.54) is 6.42 Å². The Hall–Kier alpha value is -3.49. The number of aryl methyl sites for hydroxylation is 1. The normalized spacial score (nSPS) is 23.5. The minimum absolute atomic E-state index is 0.0530. The zero-order valence-electron chi connectivity index (χ0n) is 23.7. The van der Waals surface area contributed by atoms with E-state index >= 15 is 0 Å². The Labute approximate surface area is 236 Å². The molecule has 0 bridgehead atoms. The first-order chi connectivity index (χ1) is 19.5. The summed E-state index contributed by atoms with van der Waals surface area (Å²) in [5.74, 6) is 2.65. The SMILES string of the molecule is Cc1cc(C(=O)N2CCCCC2)cnc1N1CCN(c2cc(C3C=CC(F)=CC3)nc(N3CCCC3C)n2)CC1. The van der Waals surface area contributed by atoms with Crippen molar-refractivity contribution in [2.24, 2.45) is 0 Å². The molecule has 2 atom stereocenters. The molecular weight excluding hydrogens is 505 g/mol. The lowest BCUT2D eigenvalue weighted by Gasteiger charge is -2.37. The van der Waals surface area contributed by atoms with Crippen molar-refractivity contribution in [1.82, 2.24) is 19.9 Å². The van der Waals surface area contributed by atoms with E-state index < -0.39 is 0 Å². The largest absolute Gasteiger partial charge is 0.353 e. The minimum Gasteiger partial charge on any atom is -0.353 e. The van der Waals surface area contributed by atoms with Crippen molar-refractivity contribution in [2.45, 2.75) is 64.3 Å². The Morgan fingerprint density at radius 1 is 0.950 bits per heavy atom. The maximum absolute atomic E-state index is 13.7. The van der Waals surface area contributed by atoms with Gasteiger partial charge in [0, 0.05) is 70.0 Å². The average molecular weight is 546 g/mol. The van der Waals surface area contributed by atoms with Crippen LogP contribution < -0.4 is 14.7 Å². The van der Waals surface area contributed by atoms with Gasteiger partial charge in [0.05, 0.1) is 11.3 Å². The highest BCUT2D eigenvalue weighted by atomic mass is 19.1. The van der Waals surface area contributed by atoms with Gasteiger partial charge in [0.2, 0.25) is 5.95 Å². The van der Waals surface area contributed by atoms with Gasteiger partial charge in [0.1, 0.15) is 17.5 Å². The molecule has 0 aromatic carbocycles. The predicted molar refractivity (Wildman–Crippen MR) is 157 cm³/mol. The van der Waals surface area contributed by atoms with Crippen LogP contribution in [0.15, 0.2) is 42.4 Å². The zero-order chi connectivity index (χ0) is 27.6. The topological polar surface area (TPSA) is 68.7 Å². The number of piperazine rings is 1. The smallest absolute Gasteiger partial charge is 0.255 e. The fraction of sp³-hybridized carbons (Fsp3) is 0.548. The second-order valence-electron chi connectivity index (χ2n) is 11.6. The first-order valence-electron chi connectivity index (χ1n) is 14.9. The van der Waals surface area contributed by atoms with E-state index in [1.54, 1.807) is 18.3 Å². The molecule has 0 spiro atoms. The Morgan fingerprint density at radius 3 is 2.40 bits per heavy atom. The number of rotatable bonds is 5. The summed E-state index contributed by atoms with van der Waals surface area (Å²) in [6.07, 6.45) is 13.1. The minimum atomic E-state index is -0.178. The van der Waals surface area contributed by atoms with Crippen LogP contribution in [0.1, 0.15) is 73.0 Å². The van der Waals surface area contributed by atoms with Gasteiger partial charge in [-0.05, 0) is 76.2 Å². The van der Waals surface area contributed by atoms with E-state index in [2.05, 4.69) is 34.6 Å². The van der Waals surface area contributed by atoms with Crippen molar-refractivity contribution < 1.29 is 9.18 Å². The van der Waals surface area contributed by atoms with E-state index in [9.17, 15) is 9.18 Å². The highest BCUT2D eigenvalue weighted by Gasteiger charge is 2.28. The van der Waals surface area contributed by atoms with Crippen molar-refractivity contribution in [2.75, 3.05) is 60.5 Å². The number of likely N-dealkylation sites (tertiary alicyclic amines) is 1. The molecule has 0 saturated carbocycles. The molecule has 9 heteroatoms. The monoisotopic (exact) mass is 545 g/mol. The average Bonchev–Trinajstić information content (AvgIpc) is 3.43. The van der Waals surface area contributed by atoms with E-state index in [0.717, 1.165) is 100 Å². The van der Waals surface area contributed by atoms with Crippen molar-refractivity contribution in [3.8, 4) is 0 Å². The molecular formula is C31H40FN7O. The quantitative estimate of drug-likeness (QED) is 0.523. The van der Waals surface area contributed by atoms with Gasteiger partial charge in [-0.1, -0.05) is 6.08 Å².